The Morgan fingerprint density at radius 3 is 2.61 bits per heavy atom. The van der Waals surface area contributed by atoms with Gasteiger partial charge < -0.3 is 15.5 Å². The van der Waals surface area contributed by atoms with Gasteiger partial charge in [-0.15, -0.1) is 0 Å². The molecule has 2 aliphatic rings. The number of anilines is 3. The molecular weight excluding hydrogens is 498 g/mol. The summed E-state index contributed by atoms with van der Waals surface area (Å²) in [6.45, 7) is 2.56. The minimum absolute atomic E-state index is 0.291. The van der Waals surface area contributed by atoms with E-state index in [4.69, 9.17) is 4.98 Å². The van der Waals surface area contributed by atoms with E-state index in [2.05, 4.69) is 21.6 Å². The van der Waals surface area contributed by atoms with Gasteiger partial charge in [0, 0.05) is 31.9 Å². The number of carbonyl (C=O) groups excluding carboxylic acids is 2. The third-order valence-electron chi connectivity index (χ3n) is 6.74. The predicted molar refractivity (Wildman–Crippen MR) is 143 cm³/mol. The second kappa shape index (κ2) is 10.1. The van der Waals surface area contributed by atoms with Crippen molar-refractivity contribution in [1.29, 1.82) is 0 Å². The summed E-state index contributed by atoms with van der Waals surface area (Å²) < 4.78 is 26.8. The highest BCUT2D eigenvalue weighted by Crippen LogP contribution is 2.32. The molecule has 0 radical (unpaired) electrons. The molecule has 2 amide bonds. The van der Waals surface area contributed by atoms with Crippen molar-refractivity contribution in [1.82, 2.24) is 10.3 Å². The maximum absolute atomic E-state index is 12.5. The molecule has 1 aromatic heterocycles. The number of aromatic nitrogens is 1. The molecule has 1 fully saturated rings. The number of nitrogens with zero attached hydrogens (tertiary/aromatic N) is 3. The van der Waals surface area contributed by atoms with E-state index in [0.717, 1.165) is 55.0 Å². The van der Waals surface area contributed by atoms with Gasteiger partial charge in [0.1, 0.15) is 0 Å². The average Bonchev–Trinajstić information content (AvgIpc) is 3.31. The lowest BCUT2D eigenvalue weighted by molar-refractivity contribution is -0.136. The summed E-state index contributed by atoms with van der Waals surface area (Å²) >= 11 is 1.69. The predicted octanol–water partition coefficient (Wildman–Crippen LogP) is 2.98. The van der Waals surface area contributed by atoms with Crippen LogP contribution in [0.5, 0.6) is 0 Å². The van der Waals surface area contributed by atoms with Crippen molar-refractivity contribution in [3.63, 3.8) is 0 Å². The smallest absolute Gasteiger partial charge is 0.313 e. The minimum atomic E-state index is -3.42. The van der Waals surface area contributed by atoms with Gasteiger partial charge in [0.25, 0.3) is 0 Å². The Hall–Kier alpha value is -3.18. The second-order valence-corrected chi connectivity index (χ2v) is 12.3. The fraction of sp³-hybridized carbons (Fsp3) is 0.400. The Labute approximate surface area is 214 Å². The molecule has 0 saturated carbocycles. The molecule has 3 heterocycles. The zero-order chi connectivity index (χ0) is 25.3. The topological polar surface area (TPSA) is 112 Å². The number of piperidine rings is 1. The molecule has 0 spiro atoms. The average molecular weight is 528 g/mol. The fourth-order valence-corrected chi connectivity index (χ4v) is 6.80. The molecule has 0 atom stereocenters. The van der Waals surface area contributed by atoms with Crippen LogP contribution in [0.25, 0.3) is 10.2 Å². The van der Waals surface area contributed by atoms with E-state index in [-0.39, 0.29) is 0 Å². The van der Waals surface area contributed by atoms with Crippen molar-refractivity contribution in [2.24, 2.45) is 5.92 Å². The molecule has 2 N–H and O–H groups in total. The fourth-order valence-electron chi connectivity index (χ4n) is 4.79. The van der Waals surface area contributed by atoms with Crippen LogP contribution in [0.1, 0.15) is 24.8 Å². The molecule has 5 rings (SSSR count). The van der Waals surface area contributed by atoms with Crippen LogP contribution in [-0.2, 0) is 26.0 Å². The van der Waals surface area contributed by atoms with Crippen LogP contribution >= 0.6 is 11.3 Å². The molecule has 3 aromatic rings. The third kappa shape index (κ3) is 5.31. The van der Waals surface area contributed by atoms with Crippen molar-refractivity contribution < 1.29 is 18.0 Å². The van der Waals surface area contributed by atoms with E-state index in [0.29, 0.717) is 30.4 Å². The number of thiazole rings is 1. The number of sulfonamides is 1. The second-order valence-electron chi connectivity index (χ2n) is 9.34. The first-order valence-corrected chi connectivity index (χ1v) is 14.7. The van der Waals surface area contributed by atoms with Crippen molar-refractivity contribution in [2.45, 2.75) is 25.7 Å². The first-order chi connectivity index (χ1) is 17.3. The molecule has 36 heavy (non-hydrogen) atoms. The molecule has 11 heteroatoms. The van der Waals surface area contributed by atoms with Crippen LogP contribution in [0.15, 0.2) is 42.5 Å². The third-order valence-corrected chi connectivity index (χ3v) is 9.02. The SMILES string of the molecule is CS(=O)(=O)N1CCCc2ccc(NC(=O)C(=O)NCC3CCN(c4nc5ccccc5s4)CC3)cc21. The lowest BCUT2D eigenvalue weighted by Gasteiger charge is -2.31. The lowest BCUT2D eigenvalue weighted by Crippen LogP contribution is -2.41. The number of carbonyl (C=O) groups is 2. The van der Waals surface area contributed by atoms with Gasteiger partial charge in [0.2, 0.25) is 10.0 Å². The van der Waals surface area contributed by atoms with E-state index in [1.165, 1.54) is 15.3 Å². The van der Waals surface area contributed by atoms with Crippen molar-refractivity contribution in [3.8, 4) is 0 Å². The van der Waals surface area contributed by atoms with Crippen LogP contribution in [0.3, 0.4) is 0 Å². The zero-order valence-electron chi connectivity index (χ0n) is 20.1. The quantitative estimate of drug-likeness (QED) is 0.494. The first-order valence-electron chi connectivity index (χ1n) is 12.1. The summed E-state index contributed by atoms with van der Waals surface area (Å²) in [6.07, 6.45) is 4.50. The number of hydrogen-bond donors (Lipinski definition) is 2. The Bertz CT molecular complexity index is 1360. The number of para-hydroxylation sites is 1. The van der Waals surface area contributed by atoms with Crippen LogP contribution in [0.2, 0.25) is 0 Å². The van der Waals surface area contributed by atoms with Gasteiger partial charge in [-0.1, -0.05) is 29.5 Å². The number of amides is 2. The zero-order valence-corrected chi connectivity index (χ0v) is 21.7. The molecule has 9 nitrogen and oxygen atoms in total. The summed E-state index contributed by atoms with van der Waals surface area (Å²) in [5, 5.41) is 6.39. The molecule has 0 aliphatic carbocycles. The van der Waals surface area contributed by atoms with E-state index in [9.17, 15) is 18.0 Å². The number of hydrogen-bond acceptors (Lipinski definition) is 7. The number of benzene rings is 2. The monoisotopic (exact) mass is 527 g/mol. The summed E-state index contributed by atoms with van der Waals surface area (Å²) in [5.74, 6) is -1.16. The number of nitrogens with one attached hydrogen (secondary N) is 2. The standard InChI is InChI=1S/C25H29N5O4S2/c1-36(33,34)30-12-4-5-18-8-9-19(15-21(18)30)27-24(32)23(31)26-16-17-10-13-29(14-11-17)25-28-20-6-2-3-7-22(20)35-25/h2-3,6-9,15,17H,4-5,10-14,16H2,1H3,(H,26,31)(H,27,32). The van der Waals surface area contributed by atoms with Gasteiger partial charge in [-0.25, -0.2) is 13.4 Å². The minimum Gasteiger partial charge on any atom is -0.348 e. The van der Waals surface area contributed by atoms with Crippen LogP contribution in [-0.4, -0.2) is 57.7 Å². The molecule has 2 aromatic carbocycles. The number of fused-ring (bicyclic) bond motifs is 2. The highest BCUT2D eigenvalue weighted by molar-refractivity contribution is 7.92. The maximum Gasteiger partial charge on any atom is 0.313 e. The Morgan fingerprint density at radius 2 is 1.86 bits per heavy atom. The van der Waals surface area contributed by atoms with E-state index < -0.39 is 21.8 Å². The molecule has 0 unspecified atom stereocenters. The van der Waals surface area contributed by atoms with Gasteiger partial charge >= 0.3 is 11.8 Å². The van der Waals surface area contributed by atoms with E-state index >= 15 is 0 Å². The van der Waals surface area contributed by atoms with Gasteiger partial charge in [-0.05, 0) is 61.4 Å². The van der Waals surface area contributed by atoms with Crippen LogP contribution < -0.4 is 19.8 Å². The summed E-state index contributed by atoms with van der Waals surface area (Å²) in [4.78, 5) is 31.9. The summed E-state index contributed by atoms with van der Waals surface area (Å²) in [6, 6.07) is 13.2. The Balaban J connectivity index is 1.12. The summed E-state index contributed by atoms with van der Waals surface area (Å²) in [5.41, 5.74) is 2.88. The Morgan fingerprint density at radius 1 is 1.08 bits per heavy atom. The molecular formula is C25H29N5O4S2. The highest BCUT2D eigenvalue weighted by atomic mass is 32.2. The first kappa shape index (κ1) is 24.5. The van der Waals surface area contributed by atoms with Gasteiger partial charge in [-0.3, -0.25) is 13.9 Å². The Kier molecular flexibility index (Phi) is 6.85. The van der Waals surface area contributed by atoms with Crippen molar-refractivity contribution >= 4 is 59.9 Å². The molecule has 1 saturated heterocycles. The van der Waals surface area contributed by atoms with Gasteiger partial charge in [0.05, 0.1) is 22.2 Å². The number of aryl methyl sites for hydroxylation is 1. The van der Waals surface area contributed by atoms with Crippen LogP contribution in [0.4, 0.5) is 16.5 Å². The molecule has 190 valence electrons. The largest absolute Gasteiger partial charge is 0.348 e. The van der Waals surface area contributed by atoms with Gasteiger partial charge in [0.15, 0.2) is 5.13 Å². The van der Waals surface area contributed by atoms with Gasteiger partial charge in [-0.2, -0.15) is 0 Å². The lowest BCUT2D eigenvalue weighted by atomic mass is 9.97. The van der Waals surface area contributed by atoms with Crippen LogP contribution in [0, 0.1) is 5.92 Å². The molecule has 0 bridgehead atoms. The summed E-state index contributed by atoms with van der Waals surface area (Å²) in [7, 11) is -3.42. The molecule has 2 aliphatic heterocycles. The van der Waals surface area contributed by atoms with E-state index in [1.54, 1.807) is 29.5 Å². The van der Waals surface area contributed by atoms with Crippen molar-refractivity contribution in [3.05, 3.63) is 48.0 Å². The van der Waals surface area contributed by atoms with E-state index in [1.807, 2.05) is 18.2 Å². The maximum atomic E-state index is 12.5. The highest BCUT2D eigenvalue weighted by Gasteiger charge is 2.26. The number of rotatable bonds is 5. The van der Waals surface area contributed by atoms with Crippen molar-refractivity contribution in [2.75, 3.05) is 47.0 Å². The normalized spacial score (nSPS) is 16.6.